The molecule has 1 aromatic rings. The van der Waals surface area contributed by atoms with Crippen molar-refractivity contribution in [3.8, 4) is 0 Å². The highest BCUT2D eigenvalue weighted by atomic mass is 79.9. The molecule has 2 rings (SSSR count). The normalized spacial score (nSPS) is 17.2. The van der Waals surface area contributed by atoms with Crippen molar-refractivity contribution in [2.24, 2.45) is 5.92 Å². The summed E-state index contributed by atoms with van der Waals surface area (Å²) in [6, 6.07) is 7.37. The van der Waals surface area contributed by atoms with Crippen LogP contribution >= 0.6 is 15.9 Å². The van der Waals surface area contributed by atoms with Gasteiger partial charge in [0.1, 0.15) is 0 Å². The number of methoxy groups -OCH3 is 1. The zero-order chi connectivity index (χ0) is 14.9. The minimum atomic E-state index is -1.10. The Morgan fingerprint density at radius 3 is 2.30 bits per heavy atom. The van der Waals surface area contributed by atoms with Gasteiger partial charge in [-0.05, 0) is 37.5 Å². The molecular weight excluding hydrogens is 322 g/mol. The average molecular weight is 340 g/mol. The Morgan fingerprint density at radius 2 is 1.85 bits per heavy atom. The van der Waals surface area contributed by atoms with Gasteiger partial charge in [-0.1, -0.05) is 28.1 Å². The molecule has 1 atom stereocenters. The number of esters is 1. The fourth-order valence-corrected chi connectivity index (χ4v) is 2.51. The second-order valence-electron chi connectivity index (χ2n) is 5.24. The first kappa shape index (κ1) is 15.0. The third-order valence-corrected chi connectivity index (χ3v) is 4.45. The average Bonchev–Trinajstić information content (AvgIpc) is 3.29. The monoisotopic (exact) mass is 339 g/mol. The van der Waals surface area contributed by atoms with Crippen LogP contribution in [0.1, 0.15) is 25.3 Å². The van der Waals surface area contributed by atoms with E-state index in [1.165, 1.54) is 12.0 Å². The van der Waals surface area contributed by atoms with Gasteiger partial charge in [0, 0.05) is 17.4 Å². The highest BCUT2D eigenvalue weighted by Crippen LogP contribution is 2.36. The number of hydrogen-bond donors (Lipinski definition) is 0. The molecule has 1 amide bonds. The number of carbonyl (C=O) groups excluding carboxylic acids is 2. The van der Waals surface area contributed by atoms with Gasteiger partial charge in [0.25, 0.3) is 0 Å². The van der Waals surface area contributed by atoms with E-state index in [9.17, 15) is 9.59 Å². The first-order chi connectivity index (χ1) is 9.41. The van der Waals surface area contributed by atoms with Crippen LogP contribution in [-0.2, 0) is 19.9 Å². The van der Waals surface area contributed by atoms with Crippen LogP contribution in [0.2, 0.25) is 0 Å². The van der Waals surface area contributed by atoms with Crippen LogP contribution in [0.15, 0.2) is 28.7 Å². The van der Waals surface area contributed by atoms with Gasteiger partial charge in [-0.2, -0.15) is 0 Å². The summed E-state index contributed by atoms with van der Waals surface area (Å²) in [5, 5.41) is 0. The Morgan fingerprint density at radius 1 is 1.30 bits per heavy atom. The van der Waals surface area contributed by atoms with Crippen LogP contribution in [0.25, 0.3) is 0 Å². The molecule has 1 aliphatic carbocycles. The van der Waals surface area contributed by atoms with Crippen molar-refractivity contribution in [2.75, 3.05) is 14.2 Å². The predicted molar refractivity (Wildman–Crippen MR) is 79.0 cm³/mol. The van der Waals surface area contributed by atoms with Gasteiger partial charge in [0.15, 0.2) is 5.54 Å². The molecule has 4 nitrogen and oxygen atoms in total. The van der Waals surface area contributed by atoms with Crippen LogP contribution in [0, 0.1) is 5.92 Å². The lowest BCUT2D eigenvalue weighted by molar-refractivity contribution is -0.160. The van der Waals surface area contributed by atoms with Crippen molar-refractivity contribution >= 4 is 27.8 Å². The van der Waals surface area contributed by atoms with Gasteiger partial charge in [0.05, 0.1) is 7.11 Å². The molecule has 0 bridgehead atoms. The smallest absolute Gasteiger partial charge is 0.336 e. The molecule has 20 heavy (non-hydrogen) atoms. The van der Waals surface area contributed by atoms with E-state index in [1.54, 1.807) is 14.0 Å². The molecule has 0 aliphatic heterocycles. The van der Waals surface area contributed by atoms with Gasteiger partial charge < -0.3 is 9.64 Å². The van der Waals surface area contributed by atoms with Crippen molar-refractivity contribution in [3.63, 3.8) is 0 Å². The van der Waals surface area contributed by atoms with Crippen LogP contribution < -0.4 is 0 Å². The van der Waals surface area contributed by atoms with E-state index < -0.39 is 11.5 Å². The zero-order valence-electron chi connectivity index (χ0n) is 11.9. The number of halogens is 1. The van der Waals surface area contributed by atoms with Gasteiger partial charge in [-0.25, -0.2) is 4.79 Å². The second-order valence-corrected chi connectivity index (χ2v) is 6.16. The van der Waals surface area contributed by atoms with Crippen molar-refractivity contribution in [1.29, 1.82) is 0 Å². The zero-order valence-corrected chi connectivity index (χ0v) is 13.4. The van der Waals surface area contributed by atoms with Crippen molar-refractivity contribution in [2.45, 2.75) is 25.3 Å². The fourth-order valence-electron chi connectivity index (χ4n) is 2.25. The number of hydrogen-bond acceptors (Lipinski definition) is 3. The van der Waals surface area contributed by atoms with E-state index in [-0.39, 0.29) is 11.8 Å². The molecule has 0 aromatic heterocycles. The summed E-state index contributed by atoms with van der Waals surface area (Å²) in [4.78, 5) is 26.1. The molecule has 1 saturated carbocycles. The Hall–Kier alpha value is -1.36. The van der Waals surface area contributed by atoms with E-state index in [2.05, 4.69) is 15.9 Å². The molecular formula is C15H18BrNO3. The van der Waals surface area contributed by atoms with Crippen LogP contribution in [0.5, 0.6) is 0 Å². The Balaban J connectivity index is 2.41. The maximum Gasteiger partial charge on any atom is 0.336 e. The lowest BCUT2D eigenvalue weighted by Crippen LogP contribution is -2.51. The van der Waals surface area contributed by atoms with Crippen molar-refractivity contribution < 1.29 is 14.3 Å². The maximum atomic E-state index is 12.3. The number of nitrogens with zero attached hydrogens (tertiary/aromatic N) is 1. The second kappa shape index (κ2) is 5.56. The molecule has 0 radical (unpaired) electrons. The molecule has 0 N–H and O–H groups in total. The van der Waals surface area contributed by atoms with E-state index in [0.29, 0.717) is 0 Å². The van der Waals surface area contributed by atoms with E-state index in [4.69, 9.17) is 4.74 Å². The SMILES string of the molecule is COC(=O)[C@@](C)(c1ccc(Br)cc1)N(C)C(=O)C1CC1. The number of amides is 1. The Labute approximate surface area is 127 Å². The summed E-state index contributed by atoms with van der Waals surface area (Å²) in [6.45, 7) is 1.72. The number of benzene rings is 1. The molecule has 0 heterocycles. The van der Waals surface area contributed by atoms with Crippen LogP contribution in [0.3, 0.4) is 0 Å². The molecule has 1 fully saturated rings. The lowest BCUT2D eigenvalue weighted by atomic mass is 9.90. The first-order valence-electron chi connectivity index (χ1n) is 6.53. The number of ether oxygens (including phenoxy) is 1. The van der Waals surface area contributed by atoms with E-state index in [0.717, 1.165) is 22.9 Å². The molecule has 0 saturated heterocycles. The quantitative estimate of drug-likeness (QED) is 0.792. The highest BCUT2D eigenvalue weighted by Gasteiger charge is 2.46. The van der Waals surface area contributed by atoms with E-state index >= 15 is 0 Å². The topological polar surface area (TPSA) is 46.6 Å². The number of carbonyl (C=O) groups is 2. The minimum absolute atomic E-state index is 0.000758. The maximum absolute atomic E-state index is 12.3. The van der Waals surface area contributed by atoms with Crippen LogP contribution in [-0.4, -0.2) is 30.9 Å². The summed E-state index contributed by atoms with van der Waals surface area (Å²) in [7, 11) is 3.01. The summed E-state index contributed by atoms with van der Waals surface area (Å²) >= 11 is 3.37. The summed E-state index contributed by atoms with van der Waals surface area (Å²) in [5.41, 5.74) is -0.362. The molecule has 0 unspecified atom stereocenters. The summed E-state index contributed by atoms with van der Waals surface area (Å²) < 4.78 is 5.85. The van der Waals surface area contributed by atoms with Gasteiger partial charge >= 0.3 is 5.97 Å². The fraction of sp³-hybridized carbons (Fsp3) is 0.467. The van der Waals surface area contributed by atoms with Crippen LogP contribution in [0.4, 0.5) is 0 Å². The molecule has 108 valence electrons. The Kier molecular flexibility index (Phi) is 4.18. The number of likely N-dealkylation sites (N-methyl/N-ethyl adjacent to an activating group) is 1. The largest absolute Gasteiger partial charge is 0.467 e. The standard InChI is InChI=1S/C15H18BrNO3/c1-15(14(19)20-3,11-6-8-12(16)9-7-11)17(2)13(18)10-4-5-10/h6-10H,4-5H2,1-3H3/t15-/m1/s1. The lowest BCUT2D eigenvalue weighted by Gasteiger charge is -2.36. The third-order valence-electron chi connectivity index (χ3n) is 3.92. The van der Waals surface area contributed by atoms with Gasteiger partial charge in [-0.3, -0.25) is 4.79 Å². The molecule has 5 heteroatoms. The molecule has 1 aromatic carbocycles. The Bertz CT molecular complexity index is 524. The molecule has 0 spiro atoms. The van der Waals surface area contributed by atoms with Crippen molar-refractivity contribution in [3.05, 3.63) is 34.3 Å². The predicted octanol–water partition coefficient (Wildman–Crippen LogP) is 2.71. The minimum Gasteiger partial charge on any atom is -0.467 e. The van der Waals surface area contributed by atoms with Crippen molar-refractivity contribution in [1.82, 2.24) is 4.90 Å². The summed E-state index contributed by atoms with van der Waals surface area (Å²) in [6.07, 6.45) is 1.81. The number of rotatable bonds is 4. The molecule has 1 aliphatic rings. The summed E-state index contributed by atoms with van der Waals surface area (Å²) in [5.74, 6) is -0.378. The van der Waals surface area contributed by atoms with Gasteiger partial charge in [0.2, 0.25) is 5.91 Å². The first-order valence-corrected chi connectivity index (χ1v) is 7.32. The highest BCUT2D eigenvalue weighted by molar-refractivity contribution is 9.10. The van der Waals surface area contributed by atoms with Gasteiger partial charge in [-0.15, -0.1) is 0 Å². The van der Waals surface area contributed by atoms with E-state index in [1.807, 2.05) is 24.3 Å². The third kappa shape index (κ3) is 2.59.